The Morgan fingerprint density at radius 3 is 2.47 bits per heavy atom. The Labute approximate surface area is 98.0 Å². The molecule has 0 amide bonds. The van der Waals surface area contributed by atoms with Crippen molar-refractivity contribution >= 4 is 11.7 Å². The SMILES string of the molecule is COC(=O)c1cc(N2CCCC2)c(F)cc1F. The van der Waals surface area contributed by atoms with Crippen molar-refractivity contribution in [1.82, 2.24) is 0 Å². The van der Waals surface area contributed by atoms with Crippen molar-refractivity contribution < 1.29 is 18.3 Å². The number of hydrogen-bond acceptors (Lipinski definition) is 3. The number of ether oxygens (including phenoxy) is 1. The first-order chi connectivity index (χ1) is 8.13. The molecular weight excluding hydrogens is 228 g/mol. The van der Waals surface area contributed by atoms with Crippen molar-refractivity contribution in [3.8, 4) is 0 Å². The maximum atomic E-state index is 13.6. The average Bonchev–Trinajstić information content (AvgIpc) is 2.81. The van der Waals surface area contributed by atoms with Crippen molar-refractivity contribution in [1.29, 1.82) is 0 Å². The van der Waals surface area contributed by atoms with Crippen LogP contribution in [0.1, 0.15) is 23.2 Å². The van der Waals surface area contributed by atoms with Gasteiger partial charge in [0.05, 0.1) is 18.4 Å². The van der Waals surface area contributed by atoms with E-state index in [0.29, 0.717) is 0 Å². The fourth-order valence-corrected chi connectivity index (χ4v) is 2.00. The Morgan fingerprint density at radius 1 is 1.24 bits per heavy atom. The summed E-state index contributed by atoms with van der Waals surface area (Å²) in [5, 5.41) is 0. The summed E-state index contributed by atoms with van der Waals surface area (Å²) in [6, 6.07) is 1.96. The zero-order valence-corrected chi connectivity index (χ0v) is 9.50. The summed E-state index contributed by atoms with van der Waals surface area (Å²) in [7, 11) is 1.17. The summed E-state index contributed by atoms with van der Waals surface area (Å²) >= 11 is 0. The lowest BCUT2D eigenvalue weighted by Crippen LogP contribution is -2.20. The van der Waals surface area contributed by atoms with E-state index < -0.39 is 17.6 Å². The topological polar surface area (TPSA) is 29.5 Å². The van der Waals surface area contributed by atoms with Crippen LogP contribution in [-0.2, 0) is 4.74 Å². The van der Waals surface area contributed by atoms with Gasteiger partial charge in [-0.1, -0.05) is 0 Å². The molecule has 1 aromatic rings. The zero-order chi connectivity index (χ0) is 12.4. The Kier molecular flexibility index (Phi) is 3.26. The van der Waals surface area contributed by atoms with Gasteiger partial charge in [0, 0.05) is 19.2 Å². The maximum absolute atomic E-state index is 13.6. The minimum Gasteiger partial charge on any atom is -0.465 e. The van der Waals surface area contributed by atoms with Crippen LogP contribution in [-0.4, -0.2) is 26.2 Å². The highest BCUT2D eigenvalue weighted by Crippen LogP contribution is 2.26. The summed E-state index contributed by atoms with van der Waals surface area (Å²) in [6.45, 7) is 1.45. The van der Waals surface area contributed by atoms with Crippen molar-refractivity contribution in [2.24, 2.45) is 0 Å². The number of esters is 1. The molecule has 1 heterocycles. The molecule has 3 nitrogen and oxygen atoms in total. The highest BCUT2D eigenvalue weighted by Gasteiger charge is 2.21. The Morgan fingerprint density at radius 2 is 1.88 bits per heavy atom. The van der Waals surface area contributed by atoms with Crippen molar-refractivity contribution in [3.63, 3.8) is 0 Å². The van der Waals surface area contributed by atoms with Crippen LogP contribution in [0.4, 0.5) is 14.5 Å². The lowest BCUT2D eigenvalue weighted by molar-refractivity contribution is 0.0595. The van der Waals surface area contributed by atoms with E-state index in [0.717, 1.165) is 32.0 Å². The molecule has 5 heteroatoms. The van der Waals surface area contributed by atoms with Crippen LogP contribution in [0.25, 0.3) is 0 Å². The number of anilines is 1. The van der Waals surface area contributed by atoms with Crippen LogP contribution >= 0.6 is 0 Å². The van der Waals surface area contributed by atoms with E-state index in [2.05, 4.69) is 4.74 Å². The quantitative estimate of drug-likeness (QED) is 0.744. The molecule has 0 unspecified atom stereocenters. The molecule has 92 valence electrons. The van der Waals surface area contributed by atoms with E-state index in [1.807, 2.05) is 0 Å². The first kappa shape index (κ1) is 11.8. The van der Waals surface area contributed by atoms with Gasteiger partial charge in [0.25, 0.3) is 0 Å². The van der Waals surface area contributed by atoms with Crippen molar-refractivity contribution in [3.05, 3.63) is 29.3 Å². The second kappa shape index (κ2) is 4.69. The van der Waals surface area contributed by atoms with Gasteiger partial charge in [-0.3, -0.25) is 0 Å². The largest absolute Gasteiger partial charge is 0.465 e. The number of halogens is 2. The highest BCUT2D eigenvalue weighted by atomic mass is 19.1. The molecule has 0 aromatic heterocycles. The number of methoxy groups -OCH3 is 1. The van der Waals surface area contributed by atoms with E-state index in [1.165, 1.54) is 13.2 Å². The fourth-order valence-electron chi connectivity index (χ4n) is 2.00. The van der Waals surface area contributed by atoms with Gasteiger partial charge in [-0.05, 0) is 18.9 Å². The second-order valence-corrected chi connectivity index (χ2v) is 3.97. The summed E-state index contributed by atoms with van der Waals surface area (Å²) in [5.41, 5.74) is 0.0418. The van der Waals surface area contributed by atoms with Crippen LogP contribution in [0.5, 0.6) is 0 Å². The molecule has 0 N–H and O–H groups in total. The summed E-state index contributed by atoms with van der Waals surface area (Å²) in [5.74, 6) is -2.32. The summed E-state index contributed by atoms with van der Waals surface area (Å²) in [4.78, 5) is 13.1. The smallest absolute Gasteiger partial charge is 0.340 e. The third-order valence-electron chi connectivity index (χ3n) is 2.89. The predicted octanol–water partition coefficient (Wildman–Crippen LogP) is 2.35. The van der Waals surface area contributed by atoms with E-state index in [4.69, 9.17) is 0 Å². The monoisotopic (exact) mass is 241 g/mol. The number of carbonyl (C=O) groups is 1. The molecule has 0 bridgehead atoms. The molecular formula is C12H13F2NO2. The Bertz CT molecular complexity index is 442. The first-order valence-corrected chi connectivity index (χ1v) is 5.46. The zero-order valence-electron chi connectivity index (χ0n) is 9.50. The average molecular weight is 241 g/mol. The Hall–Kier alpha value is -1.65. The normalized spacial score (nSPS) is 15.1. The van der Waals surface area contributed by atoms with Crippen molar-refractivity contribution in [2.75, 3.05) is 25.1 Å². The van der Waals surface area contributed by atoms with Gasteiger partial charge in [-0.15, -0.1) is 0 Å². The summed E-state index contributed by atoms with van der Waals surface area (Å²) in [6.07, 6.45) is 1.95. The molecule has 1 aliphatic rings. The van der Waals surface area contributed by atoms with Gasteiger partial charge in [0.2, 0.25) is 0 Å². The van der Waals surface area contributed by atoms with Crippen LogP contribution in [0.3, 0.4) is 0 Å². The van der Waals surface area contributed by atoms with Gasteiger partial charge in [0.15, 0.2) is 0 Å². The molecule has 1 aromatic carbocycles. The lowest BCUT2D eigenvalue weighted by Gasteiger charge is -2.19. The molecule has 0 atom stereocenters. The minimum atomic E-state index is -0.891. The van der Waals surface area contributed by atoms with E-state index in [1.54, 1.807) is 4.90 Å². The van der Waals surface area contributed by atoms with Gasteiger partial charge in [0.1, 0.15) is 11.6 Å². The fraction of sp³-hybridized carbons (Fsp3) is 0.417. The van der Waals surface area contributed by atoms with Gasteiger partial charge < -0.3 is 9.64 Å². The van der Waals surface area contributed by atoms with Crippen LogP contribution < -0.4 is 4.90 Å². The molecule has 0 radical (unpaired) electrons. The highest BCUT2D eigenvalue weighted by molar-refractivity contribution is 5.90. The van der Waals surface area contributed by atoms with Gasteiger partial charge in [-0.2, -0.15) is 0 Å². The molecule has 1 saturated heterocycles. The number of hydrogen-bond donors (Lipinski definition) is 0. The third kappa shape index (κ3) is 2.23. The molecule has 0 aliphatic carbocycles. The molecule has 1 aliphatic heterocycles. The van der Waals surface area contributed by atoms with Crippen molar-refractivity contribution in [2.45, 2.75) is 12.8 Å². The molecule has 2 rings (SSSR count). The molecule has 0 spiro atoms. The number of carbonyl (C=O) groups excluding carboxylic acids is 1. The van der Waals surface area contributed by atoms with Crippen LogP contribution in [0.15, 0.2) is 12.1 Å². The third-order valence-corrected chi connectivity index (χ3v) is 2.89. The van der Waals surface area contributed by atoms with E-state index >= 15 is 0 Å². The predicted molar refractivity (Wildman–Crippen MR) is 59.1 cm³/mol. The van der Waals surface area contributed by atoms with Crippen LogP contribution in [0.2, 0.25) is 0 Å². The summed E-state index contributed by atoms with van der Waals surface area (Å²) < 4.78 is 31.5. The molecule has 17 heavy (non-hydrogen) atoms. The van der Waals surface area contributed by atoms with E-state index in [9.17, 15) is 13.6 Å². The number of benzene rings is 1. The van der Waals surface area contributed by atoms with Crippen LogP contribution in [0, 0.1) is 11.6 Å². The minimum absolute atomic E-state index is 0.226. The first-order valence-electron chi connectivity index (χ1n) is 5.46. The van der Waals surface area contributed by atoms with Gasteiger partial charge in [-0.25, -0.2) is 13.6 Å². The second-order valence-electron chi connectivity index (χ2n) is 3.97. The van der Waals surface area contributed by atoms with Gasteiger partial charge >= 0.3 is 5.97 Å². The number of nitrogens with zero attached hydrogens (tertiary/aromatic N) is 1. The molecule has 1 fully saturated rings. The van der Waals surface area contributed by atoms with E-state index in [-0.39, 0.29) is 11.3 Å². The number of rotatable bonds is 2. The standard InChI is InChI=1S/C12H13F2NO2/c1-17-12(16)8-6-11(10(14)7-9(8)13)15-4-2-3-5-15/h6-7H,2-5H2,1H3. The maximum Gasteiger partial charge on any atom is 0.340 e. The lowest BCUT2D eigenvalue weighted by atomic mass is 10.1. The Balaban J connectivity index is 2.41. The molecule has 0 saturated carbocycles.